The molecule has 2 aromatic rings. The molecule has 1 aromatic heterocycles. The lowest BCUT2D eigenvalue weighted by molar-refractivity contribution is 0.167. The average molecular weight is 257 g/mol. The largest absolute Gasteiger partial charge is 0.497 e. The van der Waals surface area contributed by atoms with E-state index in [1.807, 2.05) is 43.3 Å². The zero-order chi connectivity index (χ0) is 13.7. The molecule has 0 radical (unpaired) electrons. The minimum Gasteiger partial charge on any atom is -0.497 e. The van der Waals surface area contributed by atoms with Crippen LogP contribution in [0, 0.1) is 6.92 Å². The lowest BCUT2D eigenvalue weighted by Gasteiger charge is -2.11. The van der Waals surface area contributed by atoms with E-state index in [9.17, 15) is 5.11 Å². The summed E-state index contributed by atoms with van der Waals surface area (Å²) >= 11 is 0. The van der Waals surface area contributed by atoms with Gasteiger partial charge in [0.1, 0.15) is 5.75 Å². The highest BCUT2D eigenvalue weighted by atomic mass is 16.5. The molecular weight excluding hydrogens is 238 g/mol. The number of benzene rings is 1. The number of pyridine rings is 1. The minimum atomic E-state index is -0.441. The van der Waals surface area contributed by atoms with Gasteiger partial charge in [0.25, 0.3) is 0 Å². The van der Waals surface area contributed by atoms with Crippen LogP contribution in [0.4, 0.5) is 0 Å². The first-order chi connectivity index (χ1) is 9.19. The van der Waals surface area contributed by atoms with E-state index in [1.165, 1.54) is 5.56 Å². The van der Waals surface area contributed by atoms with Gasteiger partial charge in [0.05, 0.1) is 13.2 Å². The fourth-order valence-electron chi connectivity index (χ4n) is 2.04. The van der Waals surface area contributed by atoms with Crippen molar-refractivity contribution in [2.45, 2.75) is 25.9 Å². The first kappa shape index (κ1) is 13.6. The molecule has 1 aromatic carbocycles. The molecule has 0 saturated carbocycles. The van der Waals surface area contributed by atoms with E-state index in [2.05, 4.69) is 4.98 Å². The van der Waals surface area contributed by atoms with Gasteiger partial charge < -0.3 is 9.84 Å². The minimum absolute atomic E-state index is 0.441. The van der Waals surface area contributed by atoms with E-state index >= 15 is 0 Å². The normalized spacial score (nSPS) is 12.2. The van der Waals surface area contributed by atoms with E-state index in [-0.39, 0.29) is 0 Å². The second-order valence-electron chi connectivity index (χ2n) is 4.63. The Hall–Kier alpha value is -1.87. The smallest absolute Gasteiger partial charge is 0.118 e. The van der Waals surface area contributed by atoms with Crippen molar-refractivity contribution < 1.29 is 9.84 Å². The highest BCUT2D eigenvalue weighted by Gasteiger charge is 2.08. The Kier molecular flexibility index (Phi) is 4.53. The molecule has 0 bridgehead atoms. The zero-order valence-corrected chi connectivity index (χ0v) is 11.3. The average Bonchev–Trinajstić information content (AvgIpc) is 2.45. The van der Waals surface area contributed by atoms with Crippen molar-refractivity contribution in [2.75, 3.05) is 7.11 Å². The number of hydrogen-bond acceptors (Lipinski definition) is 3. The number of aliphatic hydroxyl groups is 1. The molecule has 0 aliphatic heterocycles. The van der Waals surface area contributed by atoms with Crippen LogP contribution in [0.25, 0.3) is 0 Å². The Morgan fingerprint density at radius 2 is 1.95 bits per heavy atom. The highest BCUT2D eigenvalue weighted by molar-refractivity contribution is 5.27. The maximum absolute atomic E-state index is 10.2. The predicted octanol–water partition coefficient (Wildman–Crippen LogP) is 3.06. The standard InChI is InChI=1S/C16H19NO2/c1-12-11-14(9-10-17-12)16(18)8-5-13-3-6-15(19-2)7-4-13/h3-4,6-7,9-11,16,18H,5,8H2,1-2H3. The van der Waals surface area contributed by atoms with Gasteiger partial charge in [-0.25, -0.2) is 0 Å². The van der Waals surface area contributed by atoms with E-state index in [1.54, 1.807) is 13.3 Å². The Morgan fingerprint density at radius 1 is 1.21 bits per heavy atom. The van der Waals surface area contributed by atoms with Crippen molar-refractivity contribution in [3.8, 4) is 5.75 Å². The monoisotopic (exact) mass is 257 g/mol. The molecule has 19 heavy (non-hydrogen) atoms. The van der Waals surface area contributed by atoms with Crippen molar-refractivity contribution in [1.29, 1.82) is 0 Å². The van der Waals surface area contributed by atoms with Crippen molar-refractivity contribution in [1.82, 2.24) is 4.98 Å². The van der Waals surface area contributed by atoms with Gasteiger partial charge in [-0.2, -0.15) is 0 Å². The summed E-state index contributed by atoms with van der Waals surface area (Å²) in [7, 11) is 1.66. The van der Waals surface area contributed by atoms with Gasteiger partial charge >= 0.3 is 0 Å². The molecule has 1 heterocycles. The van der Waals surface area contributed by atoms with Gasteiger partial charge in [0, 0.05) is 11.9 Å². The maximum Gasteiger partial charge on any atom is 0.118 e. The molecular formula is C16H19NO2. The number of methoxy groups -OCH3 is 1. The topological polar surface area (TPSA) is 42.4 Å². The Bertz CT molecular complexity index is 523. The third-order valence-electron chi connectivity index (χ3n) is 3.17. The molecule has 0 amide bonds. The molecule has 2 rings (SSSR count). The van der Waals surface area contributed by atoms with Gasteiger partial charge in [-0.3, -0.25) is 4.98 Å². The summed E-state index contributed by atoms with van der Waals surface area (Å²) < 4.78 is 5.12. The molecule has 0 fully saturated rings. The van der Waals surface area contributed by atoms with Gasteiger partial charge in [-0.1, -0.05) is 12.1 Å². The Labute approximate surface area is 113 Å². The highest BCUT2D eigenvalue weighted by Crippen LogP contribution is 2.20. The number of rotatable bonds is 5. The van der Waals surface area contributed by atoms with Gasteiger partial charge in [0.15, 0.2) is 0 Å². The van der Waals surface area contributed by atoms with Crippen molar-refractivity contribution in [3.63, 3.8) is 0 Å². The number of aromatic nitrogens is 1. The lowest BCUT2D eigenvalue weighted by atomic mass is 10.0. The number of hydrogen-bond donors (Lipinski definition) is 1. The van der Waals surface area contributed by atoms with Gasteiger partial charge in [-0.15, -0.1) is 0 Å². The SMILES string of the molecule is COc1ccc(CCC(O)c2ccnc(C)c2)cc1. The summed E-state index contributed by atoms with van der Waals surface area (Å²) in [6.45, 7) is 1.93. The van der Waals surface area contributed by atoms with Crippen LogP contribution >= 0.6 is 0 Å². The maximum atomic E-state index is 10.2. The van der Waals surface area contributed by atoms with Crippen molar-refractivity contribution in [3.05, 3.63) is 59.4 Å². The predicted molar refractivity (Wildman–Crippen MR) is 75.2 cm³/mol. The number of aliphatic hydroxyl groups excluding tert-OH is 1. The van der Waals surface area contributed by atoms with Crippen LogP contribution in [0.2, 0.25) is 0 Å². The molecule has 1 N–H and O–H groups in total. The van der Waals surface area contributed by atoms with Crippen molar-refractivity contribution >= 4 is 0 Å². The van der Waals surface area contributed by atoms with Crippen LogP contribution in [0.15, 0.2) is 42.6 Å². The number of ether oxygens (including phenoxy) is 1. The third-order valence-corrected chi connectivity index (χ3v) is 3.17. The van der Waals surface area contributed by atoms with Gasteiger partial charge in [0.2, 0.25) is 0 Å². The molecule has 1 atom stereocenters. The Morgan fingerprint density at radius 3 is 2.58 bits per heavy atom. The summed E-state index contributed by atoms with van der Waals surface area (Å²) in [5.74, 6) is 0.856. The summed E-state index contributed by atoms with van der Waals surface area (Å²) in [5, 5.41) is 10.2. The third kappa shape index (κ3) is 3.80. The van der Waals surface area contributed by atoms with Crippen LogP contribution in [-0.2, 0) is 6.42 Å². The van der Waals surface area contributed by atoms with Crippen LogP contribution in [0.3, 0.4) is 0 Å². The van der Waals surface area contributed by atoms with Crippen LogP contribution in [0.1, 0.15) is 29.3 Å². The van der Waals surface area contributed by atoms with Crippen LogP contribution < -0.4 is 4.74 Å². The first-order valence-electron chi connectivity index (χ1n) is 6.42. The number of aryl methyl sites for hydroxylation is 2. The van der Waals surface area contributed by atoms with Crippen LogP contribution in [-0.4, -0.2) is 17.2 Å². The molecule has 0 aliphatic carbocycles. The molecule has 0 spiro atoms. The summed E-state index contributed by atoms with van der Waals surface area (Å²) in [6.07, 6.45) is 2.84. The lowest BCUT2D eigenvalue weighted by Crippen LogP contribution is -2.00. The van der Waals surface area contributed by atoms with Gasteiger partial charge in [-0.05, 0) is 55.2 Å². The molecule has 0 aliphatic rings. The summed E-state index contributed by atoms with van der Waals surface area (Å²) in [4.78, 5) is 4.13. The molecule has 1 unspecified atom stereocenters. The molecule has 0 saturated heterocycles. The van der Waals surface area contributed by atoms with E-state index in [4.69, 9.17) is 4.74 Å². The van der Waals surface area contributed by atoms with Crippen LogP contribution in [0.5, 0.6) is 5.75 Å². The Balaban J connectivity index is 1.94. The summed E-state index contributed by atoms with van der Waals surface area (Å²) in [5.41, 5.74) is 3.06. The quantitative estimate of drug-likeness (QED) is 0.895. The second-order valence-corrected chi connectivity index (χ2v) is 4.63. The molecule has 100 valence electrons. The fourth-order valence-corrected chi connectivity index (χ4v) is 2.04. The zero-order valence-electron chi connectivity index (χ0n) is 11.3. The van der Waals surface area contributed by atoms with E-state index in [0.717, 1.165) is 23.4 Å². The molecule has 3 heteroatoms. The first-order valence-corrected chi connectivity index (χ1v) is 6.42. The van der Waals surface area contributed by atoms with E-state index in [0.29, 0.717) is 6.42 Å². The van der Waals surface area contributed by atoms with E-state index < -0.39 is 6.10 Å². The second kappa shape index (κ2) is 6.34. The molecule has 3 nitrogen and oxygen atoms in total. The number of nitrogens with zero attached hydrogens (tertiary/aromatic N) is 1. The fraction of sp³-hybridized carbons (Fsp3) is 0.312. The van der Waals surface area contributed by atoms with Crippen molar-refractivity contribution in [2.24, 2.45) is 0 Å². The summed E-state index contributed by atoms with van der Waals surface area (Å²) in [6, 6.07) is 11.7.